The van der Waals surface area contributed by atoms with E-state index in [1.165, 1.54) is 18.9 Å². The smallest absolute Gasteiger partial charge is 0.166 e. The zero-order valence-corrected chi connectivity index (χ0v) is 11.3. The number of anilines is 1. The number of nitrogens with zero attached hydrogens (tertiary/aromatic N) is 2. The van der Waals surface area contributed by atoms with E-state index in [9.17, 15) is 4.39 Å². The lowest BCUT2D eigenvalue weighted by molar-refractivity contribution is 0.562. The molecule has 2 N–H and O–H groups in total. The van der Waals surface area contributed by atoms with Crippen LogP contribution in [0.15, 0.2) is 16.7 Å². The van der Waals surface area contributed by atoms with Crippen molar-refractivity contribution in [2.24, 2.45) is 5.73 Å². The Balaban J connectivity index is 2.24. The molecule has 0 unspecified atom stereocenters. The third-order valence-electron chi connectivity index (χ3n) is 3.20. The van der Waals surface area contributed by atoms with Crippen molar-refractivity contribution in [2.75, 3.05) is 18.0 Å². The summed E-state index contributed by atoms with van der Waals surface area (Å²) in [5.74, 6) is 0.158. The molecule has 0 aromatic carbocycles. The molecule has 3 nitrogen and oxygen atoms in total. The summed E-state index contributed by atoms with van der Waals surface area (Å²) in [6, 6.07) is 1.85. The van der Waals surface area contributed by atoms with Gasteiger partial charge in [-0.3, -0.25) is 0 Å². The molecule has 94 valence electrons. The zero-order valence-electron chi connectivity index (χ0n) is 9.70. The van der Waals surface area contributed by atoms with Gasteiger partial charge in [-0.25, -0.2) is 9.37 Å². The van der Waals surface area contributed by atoms with Gasteiger partial charge in [0.2, 0.25) is 0 Å². The molecule has 1 aromatic rings. The molecule has 1 aliphatic rings. The highest BCUT2D eigenvalue weighted by Gasteiger charge is 2.25. The van der Waals surface area contributed by atoms with Crippen molar-refractivity contribution < 1.29 is 4.39 Å². The van der Waals surface area contributed by atoms with Crippen molar-refractivity contribution in [3.63, 3.8) is 0 Å². The number of aromatic nitrogens is 1. The Morgan fingerprint density at radius 2 is 2.18 bits per heavy atom. The first-order valence-electron chi connectivity index (χ1n) is 6.00. The predicted octanol–water partition coefficient (Wildman–Crippen LogP) is 2.69. The molecule has 1 aromatic heterocycles. The van der Waals surface area contributed by atoms with Gasteiger partial charge in [-0.05, 0) is 34.8 Å². The zero-order chi connectivity index (χ0) is 12.3. The molecule has 1 fully saturated rings. The molecule has 0 bridgehead atoms. The van der Waals surface area contributed by atoms with E-state index >= 15 is 0 Å². The number of hydrogen-bond donors (Lipinski definition) is 1. The highest BCUT2D eigenvalue weighted by atomic mass is 79.9. The molecule has 1 heterocycles. The number of pyridine rings is 1. The SMILES string of the molecule is NCCN(c1ncc(Br)cc1F)C1CCCC1. The maximum absolute atomic E-state index is 13.9. The Labute approximate surface area is 109 Å². The van der Waals surface area contributed by atoms with Crippen molar-refractivity contribution in [1.29, 1.82) is 0 Å². The molecule has 1 aliphatic carbocycles. The van der Waals surface area contributed by atoms with Crippen molar-refractivity contribution in [3.8, 4) is 0 Å². The minimum atomic E-state index is -0.278. The Hall–Kier alpha value is -0.680. The first-order chi connectivity index (χ1) is 8.22. The van der Waals surface area contributed by atoms with Crippen molar-refractivity contribution in [2.45, 2.75) is 31.7 Å². The van der Waals surface area contributed by atoms with Gasteiger partial charge in [0, 0.05) is 29.8 Å². The number of halogens is 2. The third kappa shape index (κ3) is 2.96. The second kappa shape index (κ2) is 5.78. The summed E-state index contributed by atoms with van der Waals surface area (Å²) in [7, 11) is 0. The quantitative estimate of drug-likeness (QED) is 0.930. The van der Waals surface area contributed by atoms with Gasteiger partial charge in [0.15, 0.2) is 11.6 Å². The van der Waals surface area contributed by atoms with Gasteiger partial charge >= 0.3 is 0 Å². The fourth-order valence-electron chi connectivity index (χ4n) is 2.44. The lowest BCUT2D eigenvalue weighted by Crippen LogP contribution is -2.38. The molecule has 17 heavy (non-hydrogen) atoms. The summed E-state index contributed by atoms with van der Waals surface area (Å²) in [4.78, 5) is 6.21. The molecule has 5 heteroatoms. The van der Waals surface area contributed by atoms with Crippen LogP contribution in [0.4, 0.5) is 10.2 Å². The van der Waals surface area contributed by atoms with E-state index < -0.39 is 0 Å². The van der Waals surface area contributed by atoms with E-state index in [2.05, 4.69) is 20.9 Å². The largest absolute Gasteiger partial charge is 0.350 e. The topological polar surface area (TPSA) is 42.1 Å². The van der Waals surface area contributed by atoms with Crippen LogP contribution in [0.3, 0.4) is 0 Å². The summed E-state index contributed by atoms with van der Waals surface area (Å²) in [6.45, 7) is 1.18. The van der Waals surface area contributed by atoms with Gasteiger partial charge < -0.3 is 10.6 Å². The summed E-state index contributed by atoms with van der Waals surface area (Å²) < 4.78 is 14.6. The minimum Gasteiger partial charge on any atom is -0.350 e. The number of rotatable bonds is 4. The van der Waals surface area contributed by atoms with Gasteiger partial charge in [-0.15, -0.1) is 0 Å². The van der Waals surface area contributed by atoms with Gasteiger partial charge in [-0.2, -0.15) is 0 Å². The molecular weight excluding hydrogens is 285 g/mol. The van der Waals surface area contributed by atoms with Crippen LogP contribution in [0, 0.1) is 5.82 Å². The molecule has 2 rings (SSSR count). The van der Waals surface area contributed by atoms with E-state index in [1.54, 1.807) is 6.20 Å². The average Bonchev–Trinajstić information content (AvgIpc) is 2.80. The van der Waals surface area contributed by atoms with Crippen LogP contribution in [0.1, 0.15) is 25.7 Å². The van der Waals surface area contributed by atoms with Crippen molar-refractivity contribution in [3.05, 3.63) is 22.6 Å². The second-order valence-electron chi connectivity index (χ2n) is 4.38. The maximum Gasteiger partial charge on any atom is 0.166 e. The fourth-order valence-corrected chi connectivity index (χ4v) is 2.74. The van der Waals surface area contributed by atoms with Crippen molar-refractivity contribution >= 4 is 21.7 Å². The van der Waals surface area contributed by atoms with Crippen LogP contribution in [0.25, 0.3) is 0 Å². The monoisotopic (exact) mass is 301 g/mol. The van der Waals surface area contributed by atoms with Crippen LogP contribution >= 0.6 is 15.9 Å². The molecule has 0 saturated heterocycles. The number of nitrogens with two attached hydrogens (primary N) is 1. The van der Waals surface area contributed by atoms with Gasteiger partial charge in [0.05, 0.1) is 0 Å². The van der Waals surface area contributed by atoms with Crippen LogP contribution < -0.4 is 10.6 Å². The molecule has 0 aliphatic heterocycles. The van der Waals surface area contributed by atoms with Crippen LogP contribution in [0.2, 0.25) is 0 Å². The summed E-state index contributed by atoms with van der Waals surface area (Å²) >= 11 is 3.22. The van der Waals surface area contributed by atoms with Crippen LogP contribution in [-0.4, -0.2) is 24.1 Å². The lowest BCUT2D eigenvalue weighted by Gasteiger charge is -2.29. The molecule has 0 spiro atoms. The molecule has 1 saturated carbocycles. The van der Waals surface area contributed by atoms with E-state index in [0.29, 0.717) is 29.4 Å². The van der Waals surface area contributed by atoms with E-state index in [4.69, 9.17) is 5.73 Å². The molecule has 0 radical (unpaired) electrons. The predicted molar refractivity (Wildman–Crippen MR) is 70.6 cm³/mol. The third-order valence-corrected chi connectivity index (χ3v) is 3.63. The van der Waals surface area contributed by atoms with E-state index in [0.717, 1.165) is 12.8 Å². The maximum atomic E-state index is 13.9. The highest BCUT2D eigenvalue weighted by molar-refractivity contribution is 9.10. The van der Waals surface area contributed by atoms with Crippen molar-refractivity contribution in [1.82, 2.24) is 4.98 Å². The van der Waals surface area contributed by atoms with E-state index in [1.807, 2.05) is 4.90 Å². The normalized spacial score (nSPS) is 16.4. The van der Waals surface area contributed by atoms with Gasteiger partial charge in [0.1, 0.15) is 0 Å². The highest BCUT2D eigenvalue weighted by Crippen LogP contribution is 2.29. The van der Waals surface area contributed by atoms with Gasteiger partial charge in [0.25, 0.3) is 0 Å². The summed E-state index contributed by atoms with van der Waals surface area (Å²) in [5, 5.41) is 0. The first-order valence-corrected chi connectivity index (χ1v) is 6.79. The Kier molecular flexibility index (Phi) is 4.34. The Bertz CT molecular complexity index is 380. The second-order valence-corrected chi connectivity index (χ2v) is 5.29. The van der Waals surface area contributed by atoms with Crippen LogP contribution in [0.5, 0.6) is 0 Å². The first kappa shape index (κ1) is 12.8. The van der Waals surface area contributed by atoms with Gasteiger partial charge in [-0.1, -0.05) is 12.8 Å². The molecule has 0 amide bonds. The molecule has 0 atom stereocenters. The Morgan fingerprint density at radius 3 is 2.76 bits per heavy atom. The summed E-state index contributed by atoms with van der Waals surface area (Å²) in [5.41, 5.74) is 5.61. The number of hydrogen-bond acceptors (Lipinski definition) is 3. The molecular formula is C12H17BrFN3. The standard InChI is InChI=1S/C12H17BrFN3/c13-9-7-11(14)12(16-8-9)17(6-5-15)10-3-1-2-4-10/h7-8,10H,1-6,15H2. The van der Waals surface area contributed by atoms with Crippen LogP contribution in [-0.2, 0) is 0 Å². The summed E-state index contributed by atoms with van der Waals surface area (Å²) in [6.07, 6.45) is 6.28. The fraction of sp³-hybridized carbons (Fsp3) is 0.583. The van der Waals surface area contributed by atoms with E-state index in [-0.39, 0.29) is 5.82 Å². The lowest BCUT2D eigenvalue weighted by atomic mass is 10.2. The average molecular weight is 302 g/mol. The Morgan fingerprint density at radius 1 is 1.47 bits per heavy atom. The minimum absolute atomic E-state index is 0.278.